The first kappa shape index (κ1) is 69.6. The van der Waals surface area contributed by atoms with Crippen LogP contribution in [0.3, 0.4) is 0 Å². The maximum atomic E-state index is 13.3. The van der Waals surface area contributed by atoms with Crippen molar-refractivity contribution in [1.29, 1.82) is 0 Å². The molecule has 0 bridgehead atoms. The van der Waals surface area contributed by atoms with E-state index in [1.165, 1.54) is 0 Å². The van der Waals surface area contributed by atoms with Gasteiger partial charge in [0.15, 0.2) is 34.5 Å². The number of esters is 3. The zero-order valence-corrected chi connectivity index (χ0v) is 64.2. The van der Waals surface area contributed by atoms with Gasteiger partial charge in [-0.15, -0.1) is 0 Å². The Morgan fingerprint density at radius 2 is 0.614 bits per heavy atom. The van der Waals surface area contributed by atoms with E-state index in [0.29, 0.717) is 34.5 Å². The van der Waals surface area contributed by atoms with Crippen LogP contribution in [0.5, 0.6) is 34.5 Å². The first-order valence-electron chi connectivity index (χ1n) is 30.0. The molecule has 0 radical (unpaired) electrons. The molecule has 6 aromatic carbocycles. The Kier molecular flexibility index (Phi) is 25.3. The van der Waals surface area contributed by atoms with E-state index in [2.05, 4.69) is 213 Å². The minimum Gasteiger partial charge on any atom is -0.489 e. The van der Waals surface area contributed by atoms with Gasteiger partial charge in [-0.2, -0.15) is 0 Å². The van der Waals surface area contributed by atoms with Crippen LogP contribution in [0.15, 0.2) is 124 Å². The van der Waals surface area contributed by atoms with Gasteiger partial charge in [0.05, 0.1) is 21.6 Å². The molecule has 12 nitrogen and oxygen atoms in total. The van der Waals surface area contributed by atoms with Crippen molar-refractivity contribution in [3.63, 3.8) is 0 Å². The Morgan fingerprint density at radius 1 is 0.375 bits per heavy atom. The summed E-state index contributed by atoms with van der Waals surface area (Å²) in [5.74, 6) is 3.47. The lowest BCUT2D eigenvalue weighted by atomic mass is 9.88. The predicted molar refractivity (Wildman–Crippen MR) is 393 cm³/mol. The van der Waals surface area contributed by atoms with Crippen molar-refractivity contribution >= 4 is 164 Å². The molecule has 3 fully saturated rings. The summed E-state index contributed by atoms with van der Waals surface area (Å²) in [5, 5.41) is 0. The van der Waals surface area contributed by atoms with E-state index >= 15 is 0 Å². The standard InChI is InChI=1S/C69H75I6O12S/c1-43(2)67(25-7-8-26-67)85-61(76)40-82-64-46(31-49(70)34-58(64)73)37-79-52-13-19-55(20-14-52)88(56-21-15-53(16-22-56)80-38-47-32-50(71)35-59(74)65(47)83-41-62(77)86-68(44(3)4)27-9-10-28-68)57-23-17-54(18-24-57)81-39-48-33-51(72)36-60(75)66(48)84-42-63(78)87-69(45(5)6)29-11-12-30-69/h13-24,31-36,43-45H,7-12,25-30,37-42H2,1-6H3/q+1. The van der Waals surface area contributed by atoms with Crippen LogP contribution in [0, 0.1) is 39.2 Å². The summed E-state index contributed by atoms with van der Waals surface area (Å²) in [7, 11) is -0.600. The monoisotopic (exact) mass is 1890 g/mol. The van der Waals surface area contributed by atoms with Crippen molar-refractivity contribution in [3.8, 4) is 34.5 Å². The molecule has 0 aliphatic heterocycles. The van der Waals surface area contributed by atoms with Gasteiger partial charge in [0.1, 0.15) is 71.1 Å². The average molecular weight is 1890 g/mol. The highest BCUT2D eigenvalue weighted by atomic mass is 127. The van der Waals surface area contributed by atoms with Crippen LogP contribution in [0.4, 0.5) is 0 Å². The maximum absolute atomic E-state index is 13.3. The lowest BCUT2D eigenvalue weighted by Crippen LogP contribution is -2.39. The second-order valence-electron chi connectivity index (χ2n) is 23.8. The molecular weight excluding hydrogens is 1810 g/mol. The molecule has 3 aliphatic carbocycles. The molecule has 3 saturated carbocycles. The highest BCUT2D eigenvalue weighted by Gasteiger charge is 2.43. The number of hydrogen-bond donors (Lipinski definition) is 0. The van der Waals surface area contributed by atoms with Crippen molar-refractivity contribution < 1.29 is 57.0 Å². The third-order valence-electron chi connectivity index (χ3n) is 17.1. The zero-order valence-electron chi connectivity index (χ0n) is 50.4. The number of benzene rings is 6. The molecule has 3 aliphatic rings. The molecule has 0 aromatic heterocycles. The van der Waals surface area contributed by atoms with Crippen LogP contribution in [-0.4, -0.2) is 54.5 Å². The summed E-state index contributed by atoms with van der Waals surface area (Å²) in [6.07, 6.45) is 11.6. The van der Waals surface area contributed by atoms with Gasteiger partial charge >= 0.3 is 17.9 Å². The van der Waals surface area contributed by atoms with Gasteiger partial charge in [-0.3, -0.25) is 0 Å². The molecular formula is C69H75I6O12S+. The highest BCUT2D eigenvalue weighted by Crippen LogP contribution is 2.43. The van der Waals surface area contributed by atoms with Crippen LogP contribution >= 0.6 is 136 Å². The quantitative estimate of drug-likeness (QED) is 0.0210. The van der Waals surface area contributed by atoms with Gasteiger partial charge in [0, 0.05) is 27.4 Å². The summed E-state index contributed by atoms with van der Waals surface area (Å²) >= 11 is 13.7. The molecule has 6 aromatic rings. The largest absolute Gasteiger partial charge is 0.489 e. The summed E-state index contributed by atoms with van der Waals surface area (Å²) < 4.78 is 62.3. The van der Waals surface area contributed by atoms with Crippen molar-refractivity contribution in [1.82, 2.24) is 0 Å². The van der Waals surface area contributed by atoms with Gasteiger partial charge in [0.25, 0.3) is 0 Å². The van der Waals surface area contributed by atoms with Gasteiger partial charge in [0.2, 0.25) is 0 Å². The number of halogens is 6. The normalized spacial score (nSPS) is 15.8. The number of carbonyl (C=O) groups is 3. The van der Waals surface area contributed by atoms with E-state index in [0.717, 1.165) is 130 Å². The highest BCUT2D eigenvalue weighted by molar-refractivity contribution is 14.1. The van der Waals surface area contributed by atoms with Gasteiger partial charge in [-0.1, -0.05) is 41.5 Å². The third kappa shape index (κ3) is 17.9. The maximum Gasteiger partial charge on any atom is 0.344 e. The van der Waals surface area contributed by atoms with Crippen LogP contribution in [-0.2, 0) is 59.3 Å². The van der Waals surface area contributed by atoms with Gasteiger partial charge < -0.3 is 42.6 Å². The van der Waals surface area contributed by atoms with Crippen molar-refractivity contribution in [2.45, 2.75) is 170 Å². The first-order valence-corrected chi connectivity index (χ1v) is 37.7. The van der Waals surface area contributed by atoms with Crippen molar-refractivity contribution in [3.05, 3.63) is 147 Å². The molecule has 19 heteroatoms. The Hall–Kier alpha value is -2.74. The molecule has 0 heterocycles. The van der Waals surface area contributed by atoms with E-state index in [1.807, 2.05) is 72.8 Å². The molecule has 470 valence electrons. The summed E-state index contributed by atoms with van der Waals surface area (Å²) in [5.41, 5.74) is 1.19. The van der Waals surface area contributed by atoms with E-state index < -0.39 is 27.7 Å². The van der Waals surface area contributed by atoms with E-state index in [9.17, 15) is 14.4 Å². The zero-order chi connectivity index (χ0) is 62.8. The van der Waals surface area contributed by atoms with Crippen LogP contribution in [0.2, 0.25) is 0 Å². The topological polar surface area (TPSA) is 134 Å². The molecule has 0 spiro atoms. The fraction of sp³-hybridized carbons (Fsp3) is 0.435. The van der Waals surface area contributed by atoms with Gasteiger partial charge in [-0.25, -0.2) is 14.4 Å². The molecule has 0 saturated heterocycles. The van der Waals surface area contributed by atoms with Crippen molar-refractivity contribution in [2.75, 3.05) is 19.8 Å². The Bertz CT molecular complexity index is 3020. The molecule has 0 atom stereocenters. The molecule has 0 amide bonds. The number of carbonyl (C=O) groups excluding carboxylic acids is 3. The Balaban J connectivity index is 0.916. The molecule has 0 N–H and O–H groups in total. The van der Waals surface area contributed by atoms with E-state index in [1.54, 1.807) is 0 Å². The minimum atomic E-state index is -0.600. The first-order chi connectivity index (χ1) is 42.1. The number of ether oxygens (including phenoxy) is 9. The summed E-state index contributed by atoms with van der Waals surface area (Å²) in [6.45, 7) is 12.8. The summed E-state index contributed by atoms with van der Waals surface area (Å²) in [4.78, 5) is 43.0. The molecule has 9 rings (SSSR count). The second-order valence-corrected chi connectivity index (χ2v) is 33.0. The lowest BCUT2D eigenvalue weighted by molar-refractivity contribution is -0.167. The molecule has 0 unspecified atom stereocenters. The smallest absolute Gasteiger partial charge is 0.344 e. The lowest BCUT2D eigenvalue weighted by Gasteiger charge is -2.33. The van der Waals surface area contributed by atoms with Crippen LogP contribution < -0.4 is 28.4 Å². The second kappa shape index (κ2) is 31.9. The number of rotatable bonds is 27. The Morgan fingerprint density at radius 3 is 0.841 bits per heavy atom. The van der Waals surface area contributed by atoms with E-state index in [-0.39, 0.29) is 75.3 Å². The van der Waals surface area contributed by atoms with Crippen LogP contribution in [0.25, 0.3) is 0 Å². The summed E-state index contributed by atoms with van der Waals surface area (Å²) in [6, 6.07) is 36.7. The minimum absolute atomic E-state index is 0.185. The number of hydrogen-bond acceptors (Lipinski definition) is 12. The fourth-order valence-corrected chi connectivity index (χ4v) is 20.4. The van der Waals surface area contributed by atoms with Gasteiger partial charge in [-0.05, 0) is 340 Å². The SMILES string of the molecule is CC(C)C1(OC(=O)COc2c(I)cc(I)cc2COc2ccc([S+](c3ccc(OCc4cc(I)cc(I)c4OCC(=O)OC4(C(C)C)CCCC4)cc3)c3ccc(OCc4cc(I)cc(I)c4OCC(=O)OC4(C(C)C)CCCC4)cc3)cc2)CCCC1. The fourth-order valence-electron chi connectivity index (χ4n) is 12.0. The average Bonchev–Trinajstić information content (AvgIpc) is 3.07. The Labute approximate surface area is 603 Å². The van der Waals surface area contributed by atoms with E-state index in [4.69, 9.17) is 42.6 Å². The third-order valence-corrected chi connectivity index (χ3v) is 23.6. The van der Waals surface area contributed by atoms with Crippen LogP contribution in [0.1, 0.15) is 135 Å². The van der Waals surface area contributed by atoms with Crippen molar-refractivity contribution in [2.24, 2.45) is 17.8 Å². The predicted octanol–water partition coefficient (Wildman–Crippen LogP) is 18.8. The molecule has 88 heavy (non-hydrogen) atoms.